The Kier molecular flexibility index (Phi) is 3.79. The van der Waals surface area contributed by atoms with Gasteiger partial charge in [0.1, 0.15) is 5.82 Å². The van der Waals surface area contributed by atoms with Crippen LogP contribution in [0.25, 0.3) is 0 Å². The lowest BCUT2D eigenvalue weighted by Crippen LogP contribution is -2.08. The quantitative estimate of drug-likeness (QED) is 0.777. The summed E-state index contributed by atoms with van der Waals surface area (Å²) in [6.07, 6.45) is -0.634. The number of halogens is 1. The van der Waals surface area contributed by atoms with Gasteiger partial charge in [-0.3, -0.25) is 0 Å². The first kappa shape index (κ1) is 12.5. The fraction of sp³-hybridized carbons (Fsp3) is 0.500. The summed E-state index contributed by atoms with van der Waals surface area (Å²) in [5, 5.41) is 9.55. The number of aliphatic hydroxyl groups is 1. The minimum Gasteiger partial charge on any atom is -0.389 e. The molecular formula is C12H17FOS. The van der Waals surface area contributed by atoms with Gasteiger partial charge < -0.3 is 5.11 Å². The van der Waals surface area contributed by atoms with Crippen LogP contribution in [0.15, 0.2) is 23.1 Å². The largest absolute Gasteiger partial charge is 0.389 e. The molecule has 1 unspecified atom stereocenters. The summed E-state index contributed by atoms with van der Waals surface area (Å²) in [5.41, 5.74) is 0.662. The van der Waals surface area contributed by atoms with Crippen molar-refractivity contribution >= 4 is 11.8 Å². The molecule has 1 aromatic carbocycles. The van der Waals surface area contributed by atoms with Crippen LogP contribution in [0, 0.1) is 5.82 Å². The monoisotopic (exact) mass is 228 g/mol. The van der Waals surface area contributed by atoms with E-state index < -0.39 is 6.10 Å². The molecule has 1 atom stereocenters. The van der Waals surface area contributed by atoms with Gasteiger partial charge in [-0.05, 0) is 30.7 Å². The Hall–Kier alpha value is -0.540. The fourth-order valence-corrected chi connectivity index (χ4v) is 2.41. The highest BCUT2D eigenvalue weighted by atomic mass is 32.2. The van der Waals surface area contributed by atoms with E-state index in [1.807, 2.05) is 0 Å². The third kappa shape index (κ3) is 3.84. The average molecular weight is 228 g/mol. The SMILES string of the molecule is CC(O)c1cc(F)ccc1SC(C)(C)C. The molecule has 3 heteroatoms. The van der Waals surface area contributed by atoms with E-state index in [0.717, 1.165) is 4.90 Å². The number of hydrogen-bond acceptors (Lipinski definition) is 2. The first-order valence-electron chi connectivity index (χ1n) is 4.96. The average Bonchev–Trinajstić information content (AvgIpc) is 2.05. The third-order valence-electron chi connectivity index (χ3n) is 1.84. The molecule has 0 spiro atoms. The van der Waals surface area contributed by atoms with Crippen molar-refractivity contribution in [2.24, 2.45) is 0 Å². The van der Waals surface area contributed by atoms with Crippen molar-refractivity contribution in [3.8, 4) is 0 Å². The molecular weight excluding hydrogens is 211 g/mol. The molecule has 0 aliphatic heterocycles. The van der Waals surface area contributed by atoms with Crippen LogP contribution in [0.1, 0.15) is 39.4 Å². The Morgan fingerprint density at radius 1 is 1.33 bits per heavy atom. The molecule has 0 fully saturated rings. The highest BCUT2D eigenvalue weighted by Crippen LogP contribution is 2.36. The molecule has 15 heavy (non-hydrogen) atoms. The Morgan fingerprint density at radius 2 is 1.93 bits per heavy atom. The summed E-state index contributed by atoms with van der Waals surface area (Å²) < 4.78 is 13.1. The van der Waals surface area contributed by atoms with Crippen molar-refractivity contribution in [1.29, 1.82) is 0 Å². The number of hydrogen-bond donors (Lipinski definition) is 1. The predicted octanol–water partition coefficient (Wildman–Crippen LogP) is 3.77. The molecule has 0 radical (unpaired) electrons. The summed E-state index contributed by atoms with van der Waals surface area (Å²) in [6.45, 7) is 7.92. The molecule has 0 aromatic heterocycles. The van der Waals surface area contributed by atoms with Gasteiger partial charge in [-0.25, -0.2) is 4.39 Å². The Balaban J connectivity index is 3.06. The van der Waals surface area contributed by atoms with Crippen molar-refractivity contribution in [2.75, 3.05) is 0 Å². The summed E-state index contributed by atoms with van der Waals surface area (Å²) in [5.74, 6) is -0.302. The van der Waals surface area contributed by atoms with Crippen LogP contribution in [0.2, 0.25) is 0 Å². The van der Waals surface area contributed by atoms with Crippen molar-refractivity contribution in [2.45, 2.75) is 43.4 Å². The second-order valence-electron chi connectivity index (χ2n) is 4.57. The summed E-state index contributed by atoms with van der Waals surface area (Å²) in [6, 6.07) is 4.56. The van der Waals surface area contributed by atoms with E-state index in [1.165, 1.54) is 12.1 Å². The molecule has 1 N–H and O–H groups in total. The molecule has 0 saturated heterocycles. The van der Waals surface area contributed by atoms with Gasteiger partial charge in [-0.1, -0.05) is 20.8 Å². The maximum Gasteiger partial charge on any atom is 0.123 e. The maximum absolute atomic E-state index is 13.0. The van der Waals surface area contributed by atoms with E-state index >= 15 is 0 Å². The van der Waals surface area contributed by atoms with Crippen LogP contribution < -0.4 is 0 Å². The predicted molar refractivity (Wildman–Crippen MR) is 62.6 cm³/mol. The van der Waals surface area contributed by atoms with Crippen LogP contribution >= 0.6 is 11.8 Å². The van der Waals surface area contributed by atoms with Crippen molar-refractivity contribution < 1.29 is 9.50 Å². The van der Waals surface area contributed by atoms with E-state index in [-0.39, 0.29) is 10.6 Å². The second-order valence-corrected chi connectivity index (χ2v) is 6.44. The van der Waals surface area contributed by atoms with E-state index in [9.17, 15) is 9.50 Å². The zero-order valence-electron chi connectivity index (χ0n) is 9.54. The zero-order valence-corrected chi connectivity index (χ0v) is 10.4. The van der Waals surface area contributed by atoms with Crippen molar-refractivity contribution in [3.05, 3.63) is 29.6 Å². The van der Waals surface area contributed by atoms with Crippen molar-refractivity contribution in [3.63, 3.8) is 0 Å². The topological polar surface area (TPSA) is 20.2 Å². The number of benzene rings is 1. The van der Waals surface area contributed by atoms with Gasteiger partial charge in [0.25, 0.3) is 0 Å². The van der Waals surface area contributed by atoms with Crippen LogP contribution in [-0.2, 0) is 0 Å². The normalized spacial score (nSPS) is 14.0. The van der Waals surface area contributed by atoms with Gasteiger partial charge in [0.15, 0.2) is 0 Å². The molecule has 0 aliphatic rings. The van der Waals surface area contributed by atoms with Gasteiger partial charge in [0, 0.05) is 9.64 Å². The van der Waals surface area contributed by atoms with Crippen LogP contribution in [0.3, 0.4) is 0 Å². The second kappa shape index (κ2) is 4.54. The summed E-state index contributed by atoms with van der Waals surface area (Å²) in [7, 11) is 0. The van der Waals surface area contributed by atoms with E-state index in [0.29, 0.717) is 5.56 Å². The number of aliphatic hydroxyl groups excluding tert-OH is 1. The van der Waals surface area contributed by atoms with Crippen LogP contribution in [-0.4, -0.2) is 9.85 Å². The van der Waals surface area contributed by atoms with Gasteiger partial charge in [-0.2, -0.15) is 0 Å². The highest BCUT2D eigenvalue weighted by Gasteiger charge is 2.17. The summed E-state index contributed by atoms with van der Waals surface area (Å²) >= 11 is 1.64. The minimum atomic E-state index is -0.634. The fourth-order valence-electron chi connectivity index (χ4n) is 1.27. The molecule has 0 saturated carbocycles. The minimum absolute atomic E-state index is 0.0570. The maximum atomic E-state index is 13.0. The Morgan fingerprint density at radius 3 is 2.40 bits per heavy atom. The van der Waals surface area contributed by atoms with Gasteiger partial charge in [0.2, 0.25) is 0 Å². The molecule has 1 nitrogen and oxygen atoms in total. The molecule has 84 valence electrons. The summed E-state index contributed by atoms with van der Waals surface area (Å²) in [4.78, 5) is 0.943. The van der Waals surface area contributed by atoms with Gasteiger partial charge in [-0.15, -0.1) is 11.8 Å². The Labute approximate surface area is 94.7 Å². The molecule has 0 heterocycles. The van der Waals surface area contributed by atoms with Crippen LogP contribution in [0.5, 0.6) is 0 Å². The number of thioether (sulfide) groups is 1. The first-order chi connectivity index (χ1) is 6.79. The zero-order chi connectivity index (χ0) is 11.6. The van der Waals surface area contributed by atoms with Gasteiger partial charge >= 0.3 is 0 Å². The lowest BCUT2D eigenvalue weighted by molar-refractivity contribution is 0.196. The molecule has 0 bridgehead atoms. The van der Waals surface area contributed by atoms with Crippen LogP contribution in [0.4, 0.5) is 4.39 Å². The standard InChI is InChI=1S/C12H17FOS/c1-8(14)10-7-9(13)5-6-11(10)15-12(2,3)4/h5-8,14H,1-4H3. The lowest BCUT2D eigenvalue weighted by atomic mass is 10.1. The smallest absolute Gasteiger partial charge is 0.123 e. The van der Waals surface area contributed by atoms with E-state index in [1.54, 1.807) is 24.8 Å². The number of rotatable bonds is 2. The lowest BCUT2D eigenvalue weighted by Gasteiger charge is -2.20. The van der Waals surface area contributed by atoms with Crippen molar-refractivity contribution in [1.82, 2.24) is 0 Å². The molecule has 1 rings (SSSR count). The third-order valence-corrected chi connectivity index (χ3v) is 3.04. The van der Waals surface area contributed by atoms with E-state index in [4.69, 9.17) is 0 Å². The molecule has 1 aromatic rings. The van der Waals surface area contributed by atoms with E-state index in [2.05, 4.69) is 20.8 Å². The first-order valence-corrected chi connectivity index (χ1v) is 5.78. The molecule has 0 aliphatic carbocycles. The molecule has 0 amide bonds. The van der Waals surface area contributed by atoms with Gasteiger partial charge in [0.05, 0.1) is 6.10 Å². The Bertz CT molecular complexity index is 342. The highest BCUT2D eigenvalue weighted by molar-refractivity contribution is 8.00.